The summed E-state index contributed by atoms with van der Waals surface area (Å²) in [6.45, 7) is 3.94. The van der Waals surface area contributed by atoms with Gasteiger partial charge >= 0.3 is 0 Å². The number of carbonyl (C=O) groups excluding carboxylic acids is 1. The van der Waals surface area contributed by atoms with E-state index in [0.29, 0.717) is 10.8 Å². The Hall–Kier alpha value is -0.940. The van der Waals surface area contributed by atoms with Crippen molar-refractivity contribution in [2.24, 2.45) is 5.92 Å². The molecule has 94 valence electrons. The molecule has 5 heteroatoms. The topological polar surface area (TPSA) is 62.2 Å². The molecule has 0 unspecified atom stereocenters. The molecule has 1 atom stereocenters. The van der Waals surface area contributed by atoms with Crippen LogP contribution in [0.2, 0.25) is 0 Å². The fraction of sp³-hybridized carbons (Fsp3) is 0.667. The average molecular weight is 254 g/mol. The van der Waals surface area contributed by atoms with Crippen molar-refractivity contribution in [2.45, 2.75) is 38.6 Å². The third-order valence-electron chi connectivity index (χ3n) is 3.08. The quantitative estimate of drug-likeness (QED) is 0.841. The molecule has 0 radical (unpaired) electrons. The Morgan fingerprint density at radius 2 is 2.35 bits per heavy atom. The minimum Gasteiger partial charge on any atom is -0.394 e. The summed E-state index contributed by atoms with van der Waals surface area (Å²) in [6.07, 6.45) is 2.27. The second kappa shape index (κ2) is 5.14. The summed E-state index contributed by atoms with van der Waals surface area (Å²) in [4.78, 5) is 17.1. The van der Waals surface area contributed by atoms with E-state index < -0.39 is 0 Å². The highest BCUT2D eigenvalue weighted by Crippen LogP contribution is 2.41. The summed E-state index contributed by atoms with van der Waals surface area (Å²) >= 11 is 1.39. The summed E-state index contributed by atoms with van der Waals surface area (Å²) in [6, 6.07) is -0.184. The lowest BCUT2D eigenvalue weighted by Crippen LogP contribution is -2.41. The molecule has 0 bridgehead atoms. The molecule has 0 aliphatic heterocycles. The lowest BCUT2D eigenvalue weighted by molar-refractivity contribution is 0.0900. The zero-order chi connectivity index (χ0) is 12.4. The van der Waals surface area contributed by atoms with Gasteiger partial charge in [-0.05, 0) is 18.8 Å². The first-order chi connectivity index (χ1) is 8.13. The van der Waals surface area contributed by atoms with Gasteiger partial charge in [-0.2, -0.15) is 0 Å². The molecule has 0 saturated heterocycles. The van der Waals surface area contributed by atoms with Crippen LogP contribution in [-0.4, -0.2) is 28.6 Å². The maximum absolute atomic E-state index is 12.1. The minimum atomic E-state index is -0.184. The monoisotopic (exact) mass is 254 g/mol. The molecule has 1 fully saturated rings. The van der Waals surface area contributed by atoms with Gasteiger partial charge in [0.25, 0.3) is 5.91 Å². The third-order valence-corrected chi connectivity index (χ3v) is 3.92. The summed E-state index contributed by atoms with van der Waals surface area (Å²) in [5, 5.41) is 12.1. The van der Waals surface area contributed by atoms with Gasteiger partial charge in [0.1, 0.15) is 4.88 Å². The van der Waals surface area contributed by atoms with Gasteiger partial charge in [0, 0.05) is 5.92 Å². The van der Waals surface area contributed by atoms with E-state index in [-0.39, 0.29) is 24.5 Å². The number of thiazole rings is 1. The predicted molar refractivity (Wildman–Crippen MR) is 67.3 cm³/mol. The maximum atomic E-state index is 12.1. The first kappa shape index (κ1) is 12.5. The van der Waals surface area contributed by atoms with Gasteiger partial charge in [0.15, 0.2) is 0 Å². The van der Waals surface area contributed by atoms with E-state index in [1.807, 2.05) is 13.8 Å². The standard InChI is InChI=1S/C12H18N2O2S/c1-7(2)9(5-15)14-12(16)11-10(8-3-4-8)13-6-17-11/h6-9,15H,3-5H2,1-2H3,(H,14,16)/t9-/m1/s1. The molecule has 0 spiro atoms. The van der Waals surface area contributed by atoms with Crippen molar-refractivity contribution in [3.05, 3.63) is 16.1 Å². The van der Waals surface area contributed by atoms with Crippen molar-refractivity contribution in [1.29, 1.82) is 0 Å². The van der Waals surface area contributed by atoms with Crippen molar-refractivity contribution in [3.8, 4) is 0 Å². The van der Waals surface area contributed by atoms with Crippen molar-refractivity contribution in [2.75, 3.05) is 6.61 Å². The fourth-order valence-electron chi connectivity index (χ4n) is 1.73. The zero-order valence-electron chi connectivity index (χ0n) is 10.1. The van der Waals surface area contributed by atoms with E-state index in [1.54, 1.807) is 5.51 Å². The second-order valence-corrected chi connectivity index (χ2v) is 5.70. The zero-order valence-corrected chi connectivity index (χ0v) is 11.0. The molecule has 1 aliphatic rings. The Kier molecular flexibility index (Phi) is 3.79. The highest BCUT2D eigenvalue weighted by molar-refractivity contribution is 7.11. The normalized spacial score (nSPS) is 17.2. The maximum Gasteiger partial charge on any atom is 0.263 e. The Labute approximate surface area is 105 Å². The number of rotatable bonds is 5. The molecule has 1 aromatic rings. The molecule has 1 aliphatic carbocycles. The predicted octanol–water partition coefficient (Wildman–Crippen LogP) is 1.77. The molecule has 0 aromatic carbocycles. The number of amides is 1. The highest BCUT2D eigenvalue weighted by Gasteiger charge is 2.31. The van der Waals surface area contributed by atoms with Crippen LogP contribution in [0.5, 0.6) is 0 Å². The average Bonchev–Trinajstić information content (AvgIpc) is 3.03. The van der Waals surface area contributed by atoms with Crippen LogP contribution in [0, 0.1) is 5.92 Å². The number of aromatic nitrogens is 1. The van der Waals surface area contributed by atoms with Crippen molar-refractivity contribution < 1.29 is 9.90 Å². The number of aliphatic hydroxyl groups is 1. The van der Waals surface area contributed by atoms with Crippen molar-refractivity contribution in [1.82, 2.24) is 10.3 Å². The van der Waals surface area contributed by atoms with Gasteiger partial charge in [0.05, 0.1) is 23.9 Å². The Morgan fingerprint density at radius 1 is 1.65 bits per heavy atom. The van der Waals surface area contributed by atoms with Crippen LogP contribution in [0.15, 0.2) is 5.51 Å². The highest BCUT2D eigenvalue weighted by atomic mass is 32.1. The number of hydrogen-bond donors (Lipinski definition) is 2. The van der Waals surface area contributed by atoms with Crippen LogP contribution in [0.3, 0.4) is 0 Å². The second-order valence-electron chi connectivity index (χ2n) is 4.85. The number of hydrogen-bond acceptors (Lipinski definition) is 4. The van der Waals surface area contributed by atoms with Gasteiger partial charge < -0.3 is 10.4 Å². The Balaban J connectivity index is 2.06. The van der Waals surface area contributed by atoms with Gasteiger partial charge in [-0.25, -0.2) is 4.98 Å². The Bertz CT molecular complexity index is 399. The van der Waals surface area contributed by atoms with Gasteiger partial charge in [-0.3, -0.25) is 4.79 Å². The number of nitrogens with zero attached hydrogens (tertiary/aromatic N) is 1. The SMILES string of the molecule is CC(C)[C@@H](CO)NC(=O)c1scnc1C1CC1. The lowest BCUT2D eigenvalue weighted by atomic mass is 10.1. The first-order valence-corrected chi connectivity index (χ1v) is 6.86. The van der Waals surface area contributed by atoms with Gasteiger partial charge in [-0.1, -0.05) is 13.8 Å². The van der Waals surface area contributed by atoms with Crippen LogP contribution >= 0.6 is 11.3 Å². The smallest absolute Gasteiger partial charge is 0.263 e. The molecule has 1 heterocycles. The van der Waals surface area contributed by atoms with E-state index in [9.17, 15) is 9.90 Å². The molecule has 1 amide bonds. The summed E-state index contributed by atoms with van der Waals surface area (Å²) in [5.74, 6) is 0.608. The Morgan fingerprint density at radius 3 is 2.88 bits per heavy atom. The van der Waals surface area contributed by atoms with Crippen molar-refractivity contribution >= 4 is 17.2 Å². The minimum absolute atomic E-state index is 0.0268. The van der Waals surface area contributed by atoms with Crippen LogP contribution in [0.25, 0.3) is 0 Å². The molecule has 1 saturated carbocycles. The van der Waals surface area contributed by atoms with E-state index >= 15 is 0 Å². The van der Waals surface area contributed by atoms with Crippen LogP contribution in [-0.2, 0) is 0 Å². The molecule has 2 rings (SSSR count). The van der Waals surface area contributed by atoms with Crippen LogP contribution in [0.1, 0.15) is 48.0 Å². The molecule has 1 aromatic heterocycles. The molecular weight excluding hydrogens is 236 g/mol. The van der Waals surface area contributed by atoms with E-state index in [2.05, 4.69) is 10.3 Å². The number of carbonyl (C=O) groups is 1. The van der Waals surface area contributed by atoms with E-state index in [4.69, 9.17) is 0 Å². The van der Waals surface area contributed by atoms with E-state index in [1.165, 1.54) is 11.3 Å². The van der Waals surface area contributed by atoms with E-state index in [0.717, 1.165) is 18.5 Å². The van der Waals surface area contributed by atoms with Crippen molar-refractivity contribution in [3.63, 3.8) is 0 Å². The molecule has 2 N–H and O–H groups in total. The fourth-order valence-corrected chi connectivity index (χ4v) is 2.51. The summed E-state index contributed by atoms with van der Waals surface area (Å²) in [5.41, 5.74) is 2.67. The number of nitrogens with one attached hydrogen (secondary N) is 1. The van der Waals surface area contributed by atoms with Crippen LogP contribution in [0.4, 0.5) is 0 Å². The van der Waals surface area contributed by atoms with Gasteiger partial charge in [-0.15, -0.1) is 11.3 Å². The first-order valence-electron chi connectivity index (χ1n) is 5.98. The largest absolute Gasteiger partial charge is 0.394 e. The van der Waals surface area contributed by atoms with Gasteiger partial charge in [0.2, 0.25) is 0 Å². The lowest BCUT2D eigenvalue weighted by Gasteiger charge is -2.19. The number of aliphatic hydroxyl groups excluding tert-OH is 1. The summed E-state index contributed by atoms with van der Waals surface area (Å²) in [7, 11) is 0. The summed E-state index contributed by atoms with van der Waals surface area (Å²) < 4.78 is 0. The molecular formula is C12H18N2O2S. The van der Waals surface area contributed by atoms with Crippen LogP contribution < -0.4 is 5.32 Å². The molecule has 4 nitrogen and oxygen atoms in total. The third kappa shape index (κ3) is 2.84. The molecule has 17 heavy (non-hydrogen) atoms.